The van der Waals surface area contributed by atoms with E-state index < -0.39 is 0 Å². The van der Waals surface area contributed by atoms with Crippen molar-refractivity contribution in [1.82, 2.24) is 0 Å². The van der Waals surface area contributed by atoms with Crippen LogP contribution in [-0.2, 0) is 11.3 Å². The minimum atomic E-state index is 0.108. The summed E-state index contributed by atoms with van der Waals surface area (Å²) in [4.78, 5) is 16.8. The monoisotopic (exact) mass is 424 g/mol. The molecule has 2 aromatic carbocycles. The lowest BCUT2D eigenvalue weighted by Gasteiger charge is -2.14. The van der Waals surface area contributed by atoms with Gasteiger partial charge in [-0.3, -0.25) is 4.79 Å². The molecule has 0 aromatic heterocycles. The molecule has 1 fully saturated rings. The molecule has 7 heteroatoms. The van der Waals surface area contributed by atoms with Gasteiger partial charge in [0, 0.05) is 17.7 Å². The third kappa shape index (κ3) is 6.64. The van der Waals surface area contributed by atoms with E-state index in [4.69, 9.17) is 15.2 Å². The number of hydrogen-bond donors (Lipinski definition) is 3. The van der Waals surface area contributed by atoms with Gasteiger partial charge in [0.25, 0.3) is 0 Å². The van der Waals surface area contributed by atoms with E-state index in [1.54, 1.807) is 0 Å². The van der Waals surface area contributed by atoms with Crippen molar-refractivity contribution in [2.75, 3.05) is 23.8 Å². The molecular weight excluding hydrogens is 392 g/mol. The van der Waals surface area contributed by atoms with Crippen molar-refractivity contribution in [2.24, 2.45) is 16.6 Å². The van der Waals surface area contributed by atoms with Gasteiger partial charge in [0.2, 0.25) is 5.91 Å². The highest BCUT2D eigenvalue weighted by molar-refractivity contribution is 5.94. The number of amides is 1. The minimum Gasteiger partial charge on any atom is -0.494 e. The van der Waals surface area contributed by atoms with Crippen molar-refractivity contribution in [1.29, 1.82) is 0 Å². The van der Waals surface area contributed by atoms with E-state index in [2.05, 4.69) is 15.6 Å². The Morgan fingerprint density at radius 2 is 1.84 bits per heavy atom. The third-order valence-electron chi connectivity index (χ3n) is 5.18. The molecule has 166 valence electrons. The zero-order valence-electron chi connectivity index (χ0n) is 18.3. The summed E-state index contributed by atoms with van der Waals surface area (Å²) in [6.45, 7) is 5.37. The Morgan fingerprint density at radius 1 is 1.06 bits per heavy atom. The molecule has 3 rings (SSSR count). The van der Waals surface area contributed by atoms with Crippen LogP contribution >= 0.6 is 0 Å². The van der Waals surface area contributed by atoms with Crippen LogP contribution in [0.15, 0.2) is 47.5 Å². The van der Waals surface area contributed by atoms with Crippen molar-refractivity contribution >= 4 is 23.2 Å². The van der Waals surface area contributed by atoms with E-state index in [0.29, 0.717) is 31.2 Å². The van der Waals surface area contributed by atoms with E-state index in [0.717, 1.165) is 42.7 Å². The average Bonchev–Trinajstić information content (AvgIpc) is 3.30. The van der Waals surface area contributed by atoms with Crippen molar-refractivity contribution in [3.05, 3.63) is 48.0 Å². The summed E-state index contributed by atoms with van der Waals surface area (Å²) in [7, 11) is 0. The Labute approximate surface area is 184 Å². The number of nitrogens with two attached hydrogens (primary N) is 1. The van der Waals surface area contributed by atoms with Crippen LogP contribution in [0.2, 0.25) is 0 Å². The van der Waals surface area contributed by atoms with Crippen LogP contribution < -0.4 is 25.8 Å². The molecule has 4 N–H and O–H groups in total. The number of aliphatic imine (C=N–C) groups is 1. The molecule has 2 aromatic rings. The normalized spacial score (nSPS) is 14.3. The highest BCUT2D eigenvalue weighted by Gasteiger charge is 2.22. The van der Waals surface area contributed by atoms with Gasteiger partial charge in [0.1, 0.15) is 11.5 Å². The topological polar surface area (TPSA) is 98.0 Å². The van der Waals surface area contributed by atoms with Crippen LogP contribution in [-0.4, -0.2) is 25.1 Å². The summed E-state index contributed by atoms with van der Waals surface area (Å²) in [5, 5.41) is 6.13. The molecule has 7 nitrogen and oxygen atoms in total. The van der Waals surface area contributed by atoms with Crippen molar-refractivity contribution < 1.29 is 14.3 Å². The van der Waals surface area contributed by atoms with Crippen molar-refractivity contribution in [3.8, 4) is 11.5 Å². The maximum atomic E-state index is 12.4. The number of benzene rings is 2. The molecule has 0 radical (unpaired) electrons. The minimum absolute atomic E-state index is 0.108. The Bertz CT molecular complexity index is 907. The summed E-state index contributed by atoms with van der Waals surface area (Å²) in [6, 6.07) is 13.3. The van der Waals surface area contributed by atoms with E-state index in [9.17, 15) is 4.79 Å². The van der Waals surface area contributed by atoms with Crippen molar-refractivity contribution in [2.45, 2.75) is 46.1 Å². The number of nitrogens with zero attached hydrogens (tertiary/aromatic N) is 1. The molecule has 1 aliphatic rings. The van der Waals surface area contributed by atoms with E-state index in [-0.39, 0.29) is 17.8 Å². The van der Waals surface area contributed by atoms with Crippen molar-refractivity contribution in [3.63, 3.8) is 0 Å². The van der Waals surface area contributed by atoms with Crippen LogP contribution in [0, 0.1) is 5.92 Å². The van der Waals surface area contributed by atoms with Gasteiger partial charge in [-0.25, -0.2) is 4.99 Å². The molecule has 0 unspecified atom stereocenters. The fourth-order valence-electron chi connectivity index (χ4n) is 3.68. The zero-order chi connectivity index (χ0) is 22.1. The standard InChI is InChI=1S/C24H32N4O3/c1-3-30-20-12-13-22(31-4-2)21(15-20)28-24(25)26-16-17-8-7-11-19(14-17)27-23(29)18-9-5-6-10-18/h7-8,11-15,18H,3-6,9-10,16H2,1-2H3,(H,27,29)(H3,25,26,28). The highest BCUT2D eigenvalue weighted by Crippen LogP contribution is 2.29. The molecule has 1 amide bonds. The lowest BCUT2D eigenvalue weighted by Crippen LogP contribution is -2.23. The molecule has 0 heterocycles. The lowest BCUT2D eigenvalue weighted by atomic mass is 10.1. The molecular formula is C24H32N4O3. The summed E-state index contributed by atoms with van der Waals surface area (Å²) < 4.78 is 11.2. The zero-order valence-corrected chi connectivity index (χ0v) is 18.3. The smallest absolute Gasteiger partial charge is 0.227 e. The number of carbonyl (C=O) groups excluding carboxylic acids is 1. The molecule has 1 saturated carbocycles. The van der Waals surface area contributed by atoms with Gasteiger partial charge in [-0.1, -0.05) is 25.0 Å². The maximum absolute atomic E-state index is 12.4. The Hall–Kier alpha value is -3.22. The van der Waals surface area contributed by atoms with E-state index in [1.807, 2.05) is 56.3 Å². The highest BCUT2D eigenvalue weighted by atomic mass is 16.5. The molecule has 0 aliphatic heterocycles. The van der Waals surface area contributed by atoms with Gasteiger partial charge in [-0.05, 0) is 56.5 Å². The third-order valence-corrected chi connectivity index (χ3v) is 5.18. The van der Waals surface area contributed by atoms with Crippen LogP contribution in [0.4, 0.5) is 11.4 Å². The first kappa shape index (κ1) is 22.5. The number of nitrogens with one attached hydrogen (secondary N) is 2. The first-order valence-corrected chi connectivity index (χ1v) is 11.0. The quantitative estimate of drug-likeness (QED) is 0.405. The second kappa shape index (κ2) is 11.2. The van der Waals surface area contributed by atoms with Crippen LogP contribution in [0.5, 0.6) is 11.5 Å². The number of hydrogen-bond acceptors (Lipinski definition) is 4. The average molecular weight is 425 g/mol. The predicted molar refractivity (Wildman–Crippen MR) is 125 cm³/mol. The van der Waals surface area contributed by atoms with Gasteiger partial charge in [-0.2, -0.15) is 0 Å². The predicted octanol–water partition coefficient (Wildman–Crippen LogP) is 4.54. The Morgan fingerprint density at radius 3 is 2.58 bits per heavy atom. The number of anilines is 2. The second-order valence-corrected chi connectivity index (χ2v) is 7.52. The fourth-order valence-corrected chi connectivity index (χ4v) is 3.68. The van der Waals surface area contributed by atoms with Gasteiger partial charge < -0.3 is 25.8 Å². The van der Waals surface area contributed by atoms with Crippen LogP contribution in [0.3, 0.4) is 0 Å². The fraction of sp³-hybridized carbons (Fsp3) is 0.417. The maximum Gasteiger partial charge on any atom is 0.227 e. The molecule has 0 atom stereocenters. The van der Waals surface area contributed by atoms with Crippen LogP contribution in [0.25, 0.3) is 0 Å². The number of ether oxygens (including phenoxy) is 2. The van der Waals surface area contributed by atoms with Gasteiger partial charge >= 0.3 is 0 Å². The first-order valence-electron chi connectivity index (χ1n) is 11.0. The van der Waals surface area contributed by atoms with Gasteiger partial charge in [0.15, 0.2) is 5.96 Å². The second-order valence-electron chi connectivity index (χ2n) is 7.52. The molecule has 1 aliphatic carbocycles. The number of carbonyl (C=O) groups is 1. The van der Waals surface area contributed by atoms with E-state index >= 15 is 0 Å². The molecule has 0 saturated heterocycles. The van der Waals surface area contributed by atoms with E-state index in [1.165, 1.54) is 0 Å². The SMILES string of the molecule is CCOc1ccc(OCC)c(NC(N)=NCc2cccc(NC(=O)C3CCCC3)c2)c1. The Balaban J connectivity index is 1.64. The summed E-state index contributed by atoms with van der Waals surface area (Å²) >= 11 is 0. The van der Waals surface area contributed by atoms with Crippen LogP contribution in [0.1, 0.15) is 45.1 Å². The first-order chi connectivity index (χ1) is 15.1. The summed E-state index contributed by atoms with van der Waals surface area (Å²) in [6.07, 6.45) is 4.23. The largest absolute Gasteiger partial charge is 0.494 e. The van der Waals surface area contributed by atoms with Gasteiger partial charge in [-0.15, -0.1) is 0 Å². The Kier molecular flexibility index (Phi) is 8.15. The molecule has 0 spiro atoms. The molecule has 0 bridgehead atoms. The summed E-state index contributed by atoms with van der Waals surface area (Å²) in [5.41, 5.74) is 8.57. The lowest BCUT2D eigenvalue weighted by molar-refractivity contribution is -0.119. The number of guanidine groups is 1. The molecule has 31 heavy (non-hydrogen) atoms. The summed E-state index contributed by atoms with van der Waals surface area (Å²) in [5.74, 6) is 1.92. The van der Waals surface area contributed by atoms with Gasteiger partial charge in [0.05, 0.1) is 25.4 Å². The number of rotatable bonds is 9.